The Labute approximate surface area is 144 Å². The van der Waals surface area contributed by atoms with E-state index in [0.29, 0.717) is 5.75 Å². The molecule has 0 atom stereocenters. The van der Waals surface area contributed by atoms with Crippen molar-refractivity contribution in [2.24, 2.45) is 0 Å². The molecule has 0 aromatic heterocycles. The molecule has 0 saturated heterocycles. The average Bonchev–Trinajstić information content (AvgIpc) is 2.17. The van der Waals surface area contributed by atoms with Gasteiger partial charge in [-0.15, -0.1) is 0 Å². The second-order valence-electron chi connectivity index (χ2n) is 5.68. The standard InChI is InChI=1S/C14H32O2S.Ca.2H/c1-5-9-17(10-6-2,11-7-3,12-8-4)13-14(15)16;;;/h17H,5-13H2,1-4H3,(H,15,16);;;. The van der Waals surface area contributed by atoms with E-state index >= 15 is 0 Å². The van der Waals surface area contributed by atoms with Crippen LogP contribution in [0.4, 0.5) is 0 Å². The summed E-state index contributed by atoms with van der Waals surface area (Å²) in [6.07, 6.45) is 4.58. The van der Waals surface area contributed by atoms with E-state index in [4.69, 9.17) is 0 Å². The molecule has 0 aromatic rings. The summed E-state index contributed by atoms with van der Waals surface area (Å²) in [5, 5.41) is 9.35. The van der Waals surface area contributed by atoms with Crippen LogP contribution >= 0.6 is 9.16 Å². The number of aliphatic carboxylic acids is 1. The van der Waals surface area contributed by atoms with Crippen molar-refractivity contribution < 1.29 is 9.90 Å². The molecule has 0 aromatic carbocycles. The van der Waals surface area contributed by atoms with Crippen molar-refractivity contribution >= 4 is 52.9 Å². The second kappa shape index (κ2) is 9.90. The van der Waals surface area contributed by atoms with Crippen LogP contribution < -0.4 is 0 Å². The summed E-state index contributed by atoms with van der Waals surface area (Å²) < 4.78 is 0. The van der Waals surface area contributed by atoms with E-state index in [2.05, 4.69) is 27.7 Å². The Morgan fingerprint density at radius 3 is 1.28 bits per heavy atom. The van der Waals surface area contributed by atoms with Crippen LogP contribution in [0.1, 0.15) is 53.4 Å². The summed E-state index contributed by atoms with van der Waals surface area (Å²) in [5.74, 6) is 4.67. The van der Waals surface area contributed by atoms with Gasteiger partial charge in [0, 0.05) is 0 Å². The molecule has 0 aliphatic carbocycles. The van der Waals surface area contributed by atoms with Gasteiger partial charge in [0.25, 0.3) is 0 Å². The van der Waals surface area contributed by atoms with Gasteiger partial charge in [-0.25, -0.2) is 0 Å². The van der Waals surface area contributed by atoms with Gasteiger partial charge in [0.15, 0.2) is 0 Å². The van der Waals surface area contributed by atoms with Gasteiger partial charge >= 0.3 is 43.7 Å². The zero-order valence-corrected chi connectivity index (χ0v) is 13.1. The van der Waals surface area contributed by atoms with Crippen LogP contribution in [0.2, 0.25) is 0 Å². The van der Waals surface area contributed by atoms with Gasteiger partial charge in [0.1, 0.15) is 0 Å². The zero-order chi connectivity index (χ0) is 13.4. The fourth-order valence-corrected chi connectivity index (χ4v) is 11.7. The molecule has 0 bridgehead atoms. The molecule has 4 heteroatoms. The molecule has 0 aliphatic heterocycles. The minimum atomic E-state index is -1.99. The van der Waals surface area contributed by atoms with Crippen molar-refractivity contribution in [2.45, 2.75) is 53.4 Å². The molecule has 1 N–H and O–H groups in total. The third-order valence-corrected chi connectivity index (χ3v) is 12.0. The summed E-state index contributed by atoms with van der Waals surface area (Å²) in [6, 6.07) is 0. The van der Waals surface area contributed by atoms with E-state index in [1.54, 1.807) is 0 Å². The third-order valence-electron chi connectivity index (χ3n) is 4.01. The van der Waals surface area contributed by atoms with Crippen LogP contribution in [0.5, 0.6) is 0 Å². The molecule has 0 unspecified atom stereocenters. The number of hydrogen-bond donors (Lipinski definition) is 2. The Morgan fingerprint density at radius 2 is 1.11 bits per heavy atom. The fourth-order valence-electron chi connectivity index (χ4n) is 3.90. The van der Waals surface area contributed by atoms with E-state index in [1.165, 1.54) is 23.0 Å². The van der Waals surface area contributed by atoms with E-state index in [-0.39, 0.29) is 37.7 Å². The second-order valence-corrected chi connectivity index (χ2v) is 12.3. The molecule has 110 valence electrons. The Bertz CT molecular complexity index is 208. The molecule has 0 heterocycles. The number of carboxylic acid groups (broad SMARTS) is 1. The van der Waals surface area contributed by atoms with Crippen LogP contribution in [0.15, 0.2) is 0 Å². The van der Waals surface area contributed by atoms with Crippen molar-refractivity contribution in [3.05, 3.63) is 0 Å². The first-order chi connectivity index (χ1) is 7.97. The number of carboxylic acids is 1. The van der Waals surface area contributed by atoms with Gasteiger partial charge < -0.3 is 5.11 Å². The Balaban J connectivity index is 0. The van der Waals surface area contributed by atoms with Crippen molar-refractivity contribution in [3.63, 3.8) is 0 Å². The first-order valence-corrected chi connectivity index (χ1v) is 10.4. The molecule has 0 aliphatic rings. The normalized spacial score (nSPS) is 13.4. The number of hydrogen-bond acceptors (Lipinski definition) is 1. The summed E-state index contributed by atoms with van der Waals surface area (Å²) in [6.45, 7) is 8.85. The first kappa shape index (κ1) is 21.4. The molecule has 0 radical (unpaired) electrons. The number of thiol groups is 1. The fraction of sp³-hybridized carbons (Fsp3) is 0.929. The van der Waals surface area contributed by atoms with Crippen molar-refractivity contribution in [2.75, 3.05) is 28.8 Å². The number of rotatable bonds is 10. The zero-order valence-electron chi connectivity index (χ0n) is 12.2. The average molecular weight is 307 g/mol. The predicted octanol–water partition coefficient (Wildman–Crippen LogP) is 2.87. The molecule has 18 heavy (non-hydrogen) atoms. The van der Waals surface area contributed by atoms with Crippen molar-refractivity contribution in [3.8, 4) is 0 Å². The molecule has 0 fully saturated rings. The maximum atomic E-state index is 11.4. The Kier molecular flexibility index (Phi) is 11.8. The monoisotopic (exact) mass is 306 g/mol. The van der Waals surface area contributed by atoms with Crippen molar-refractivity contribution in [1.82, 2.24) is 0 Å². The Hall–Kier alpha value is 1.08. The van der Waals surface area contributed by atoms with Gasteiger partial charge in [-0.3, -0.25) is 14.0 Å². The van der Waals surface area contributed by atoms with E-state index in [0.717, 1.165) is 25.7 Å². The van der Waals surface area contributed by atoms with E-state index in [9.17, 15) is 9.90 Å². The molecule has 0 saturated carbocycles. The van der Waals surface area contributed by atoms with Crippen molar-refractivity contribution in [1.29, 1.82) is 0 Å². The molecule has 0 spiro atoms. The van der Waals surface area contributed by atoms with Crippen LogP contribution in [-0.2, 0) is 4.79 Å². The third kappa shape index (κ3) is 6.02. The van der Waals surface area contributed by atoms with Crippen LogP contribution in [0.25, 0.3) is 0 Å². The summed E-state index contributed by atoms with van der Waals surface area (Å²) in [4.78, 5) is 11.4. The summed E-state index contributed by atoms with van der Waals surface area (Å²) in [7, 11) is -1.99. The topological polar surface area (TPSA) is 37.3 Å². The van der Waals surface area contributed by atoms with E-state index < -0.39 is 15.1 Å². The maximum absolute atomic E-state index is 11.4. The first-order valence-electron chi connectivity index (χ1n) is 7.19. The van der Waals surface area contributed by atoms with E-state index in [1.807, 2.05) is 0 Å². The van der Waals surface area contributed by atoms with Gasteiger partial charge in [-0.05, 0) is 48.7 Å². The molecule has 0 rings (SSSR count). The SMILES string of the molecule is CCC[SH](CCC)(CCC)(CCC)CC(=O)O.[CaH2]. The predicted molar refractivity (Wildman–Crippen MR) is 90.7 cm³/mol. The molecule has 0 amide bonds. The Morgan fingerprint density at radius 1 is 0.833 bits per heavy atom. The van der Waals surface area contributed by atoms with Gasteiger partial charge in [0.05, 0.1) is 5.75 Å². The van der Waals surface area contributed by atoms with Crippen LogP contribution in [-0.4, -0.2) is 77.6 Å². The van der Waals surface area contributed by atoms with Gasteiger partial charge in [0.2, 0.25) is 0 Å². The molecular formula is C14H34CaO2S. The molecular weight excluding hydrogens is 272 g/mol. The van der Waals surface area contributed by atoms with Gasteiger partial charge in [-0.1, -0.05) is 27.7 Å². The van der Waals surface area contributed by atoms with Gasteiger partial charge in [-0.2, -0.15) is 0 Å². The van der Waals surface area contributed by atoms with Crippen LogP contribution in [0, 0.1) is 0 Å². The quantitative estimate of drug-likeness (QED) is 0.481. The minimum absolute atomic E-state index is 0. The van der Waals surface area contributed by atoms with Crippen LogP contribution in [0.3, 0.4) is 0 Å². The summed E-state index contributed by atoms with van der Waals surface area (Å²) >= 11 is 0. The number of carbonyl (C=O) groups is 1. The molecule has 2 nitrogen and oxygen atoms in total. The summed E-state index contributed by atoms with van der Waals surface area (Å²) in [5.41, 5.74) is 0.